The minimum Gasteiger partial charge on any atom is -0.390 e. The third-order valence-corrected chi connectivity index (χ3v) is 4.86. The van der Waals surface area contributed by atoms with Crippen LogP contribution in [0.2, 0.25) is 0 Å². The molecule has 2 rings (SSSR count). The van der Waals surface area contributed by atoms with Crippen molar-refractivity contribution in [2.45, 2.75) is 71.3 Å². The molecule has 0 aliphatic carbocycles. The van der Waals surface area contributed by atoms with Gasteiger partial charge in [-0.3, -0.25) is 4.79 Å². The van der Waals surface area contributed by atoms with E-state index >= 15 is 0 Å². The van der Waals surface area contributed by atoms with Crippen molar-refractivity contribution in [2.24, 2.45) is 11.3 Å². The number of nitrogens with one attached hydrogen (secondary N) is 1. The summed E-state index contributed by atoms with van der Waals surface area (Å²) >= 11 is 0. The summed E-state index contributed by atoms with van der Waals surface area (Å²) in [6, 6.07) is 0. The zero-order chi connectivity index (χ0) is 13.9. The number of hydrogen-bond acceptors (Lipinski definition) is 3. The first-order valence-corrected chi connectivity index (χ1v) is 6.79. The molecule has 2 aliphatic heterocycles. The highest BCUT2D eigenvalue weighted by atomic mass is 16.6. The van der Waals surface area contributed by atoms with Gasteiger partial charge in [0.25, 0.3) is 0 Å². The number of aliphatic hydroxyl groups is 1. The molecule has 0 aromatic rings. The third-order valence-electron chi connectivity index (χ3n) is 4.86. The topological polar surface area (TPSA) is 58.6 Å². The van der Waals surface area contributed by atoms with Crippen LogP contribution >= 0.6 is 0 Å². The van der Waals surface area contributed by atoms with Crippen molar-refractivity contribution in [3.05, 3.63) is 0 Å². The highest BCUT2D eigenvalue weighted by molar-refractivity contribution is 5.85. The number of rotatable bonds is 2. The van der Waals surface area contributed by atoms with Crippen LogP contribution in [0.5, 0.6) is 0 Å². The monoisotopic (exact) mass is 255 g/mol. The molecule has 0 radical (unpaired) electrons. The molecule has 104 valence electrons. The molecule has 1 amide bonds. The second-order valence-electron chi connectivity index (χ2n) is 6.95. The number of ether oxygens (including phenoxy) is 1. The first-order valence-electron chi connectivity index (χ1n) is 6.79. The maximum atomic E-state index is 12.2. The van der Waals surface area contributed by atoms with E-state index in [-0.39, 0.29) is 23.3 Å². The summed E-state index contributed by atoms with van der Waals surface area (Å²) < 4.78 is 5.90. The molecule has 5 atom stereocenters. The van der Waals surface area contributed by atoms with Gasteiger partial charge in [0.1, 0.15) is 11.1 Å². The Labute approximate surface area is 109 Å². The summed E-state index contributed by atoms with van der Waals surface area (Å²) in [5.41, 5.74) is -1.54. The summed E-state index contributed by atoms with van der Waals surface area (Å²) in [5.74, 6) is -0.168. The molecule has 0 saturated carbocycles. The summed E-state index contributed by atoms with van der Waals surface area (Å²) in [4.78, 5) is 12.2. The Morgan fingerprint density at radius 2 is 2.06 bits per heavy atom. The lowest BCUT2D eigenvalue weighted by Gasteiger charge is -2.62. The Balaban J connectivity index is 2.45. The van der Waals surface area contributed by atoms with Gasteiger partial charge in [0.15, 0.2) is 0 Å². The predicted octanol–water partition coefficient (Wildman–Crippen LogP) is 1.47. The molecule has 2 heterocycles. The van der Waals surface area contributed by atoms with E-state index in [1.54, 1.807) is 0 Å². The SMILES string of the molecule is CC[C@H]1C(=O)N[C@@]2(C(O)C(C)(C)C)C(C)O[C@@]12C. The summed E-state index contributed by atoms with van der Waals surface area (Å²) in [6.07, 6.45) is -0.0512. The first kappa shape index (κ1) is 13.8. The zero-order valence-corrected chi connectivity index (χ0v) is 12.2. The summed E-state index contributed by atoms with van der Waals surface area (Å²) in [7, 11) is 0. The molecule has 2 unspecified atom stereocenters. The molecule has 4 heteroatoms. The minimum absolute atomic E-state index is 0.00708. The number of amides is 1. The highest BCUT2D eigenvalue weighted by Crippen LogP contribution is 2.56. The summed E-state index contributed by atoms with van der Waals surface area (Å²) in [5, 5.41) is 13.8. The van der Waals surface area contributed by atoms with E-state index in [0.29, 0.717) is 0 Å². The lowest BCUT2D eigenvalue weighted by Crippen LogP contribution is -2.81. The van der Waals surface area contributed by atoms with Gasteiger partial charge in [-0.1, -0.05) is 27.7 Å². The van der Waals surface area contributed by atoms with E-state index in [2.05, 4.69) is 5.32 Å². The van der Waals surface area contributed by atoms with Gasteiger partial charge in [0, 0.05) is 0 Å². The lowest BCUT2D eigenvalue weighted by atomic mass is 9.60. The number of aliphatic hydroxyl groups excluding tert-OH is 1. The normalized spacial score (nSPS) is 45.2. The van der Waals surface area contributed by atoms with Crippen LogP contribution in [0.4, 0.5) is 0 Å². The van der Waals surface area contributed by atoms with Gasteiger partial charge in [-0.2, -0.15) is 0 Å². The van der Waals surface area contributed by atoms with Gasteiger partial charge < -0.3 is 15.2 Å². The molecule has 2 saturated heterocycles. The van der Waals surface area contributed by atoms with Crippen LogP contribution in [-0.4, -0.2) is 34.4 Å². The fourth-order valence-electron chi connectivity index (χ4n) is 3.86. The Bertz CT molecular complexity index is 376. The molecule has 0 aromatic heterocycles. The lowest BCUT2D eigenvalue weighted by molar-refractivity contribution is -0.303. The smallest absolute Gasteiger partial charge is 0.226 e. The van der Waals surface area contributed by atoms with Crippen molar-refractivity contribution in [3.63, 3.8) is 0 Å². The van der Waals surface area contributed by atoms with E-state index < -0.39 is 17.2 Å². The van der Waals surface area contributed by atoms with Gasteiger partial charge >= 0.3 is 0 Å². The number of hydrogen-bond donors (Lipinski definition) is 2. The van der Waals surface area contributed by atoms with Crippen LogP contribution < -0.4 is 5.32 Å². The predicted molar refractivity (Wildman–Crippen MR) is 69.1 cm³/mol. The Hall–Kier alpha value is -0.610. The van der Waals surface area contributed by atoms with E-state index in [9.17, 15) is 9.90 Å². The molecule has 18 heavy (non-hydrogen) atoms. The maximum Gasteiger partial charge on any atom is 0.226 e. The molecular formula is C14H25NO3. The zero-order valence-electron chi connectivity index (χ0n) is 12.2. The fraction of sp³-hybridized carbons (Fsp3) is 0.929. The number of carbonyl (C=O) groups is 1. The fourth-order valence-corrected chi connectivity index (χ4v) is 3.86. The maximum absolute atomic E-state index is 12.2. The van der Waals surface area contributed by atoms with Crippen LogP contribution in [0.1, 0.15) is 48.0 Å². The average molecular weight is 255 g/mol. The van der Waals surface area contributed by atoms with Crippen molar-refractivity contribution in [3.8, 4) is 0 Å². The van der Waals surface area contributed by atoms with E-state index in [4.69, 9.17) is 4.74 Å². The van der Waals surface area contributed by atoms with Crippen LogP contribution in [0.3, 0.4) is 0 Å². The van der Waals surface area contributed by atoms with Gasteiger partial charge in [0.2, 0.25) is 5.91 Å². The molecule has 2 N–H and O–H groups in total. The van der Waals surface area contributed by atoms with Gasteiger partial charge in [0.05, 0.1) is 18.1 Å². The minimum atomic E-state index is -0.650. The van der Waals surface area contributed by atoms with Gasteiger partial charge in [-0.15, -0.1) is 0 Å². The highest BCUT2D eigenvalue weighted by Gasteiger charge is 2.76. The van der Waals surface area contributed by atoms with Gasteiger partial charge in [-0.05, 0) is 25.7 Å². The van der Waals surface area contributed by atoms with E-state index in [1.165, 1.54) is 0 Å². The van der Waals surface area contributed by atoms with Gasteiger partial charge in [-0.25, -0.2) is 0 Å². The van der Waals surface area contributed by atoms with Crippen molar-refractivity contribution in [2.75, 3.05) is 0 Å². The van der Waals surface area contributed by atoms with E-state index in [1.807, 2.05) is 41.5 Å². The third kappa shape index (κ3) is 1.36. The molecule has 4 nitrogen and oxygen atoms in total. The van der Waals surface area contributed by atoms with Crippen LogP contribution in [0.25, 0.3) is 0 Å². The molecule has 0 spiro atoms. The van der Waals surface area contributed by atoms with Crippen LogP contribution in [-0.2, 0) is 9.53 Å². The summed E-state index contributed by atoms with van der Waals surface area (Å²) in [6.45, 7) is 11.8. The molecular weight excluding hydrogens is 230 g/mol. The Kier molecular flexibility index (Phi) is 2.84. The molecule has 2 aliphatic rings. The van der Waals surface area contributed by atoms with Crippen molar-refractivity contribution in [1.29, 1.82) is 0 Å². The second-order valence-corrected chi connectivity index (χ2v) is 6.95. The van der Waals surface area contributed by atoms with Crippen molar-refractivity contribution < 1.29 is 14.6 Å². The Morgan fingerprint density at radius 1 is 1.50 bits per heavy atom. The van der Waals surface area contributed by atoms with E-state index in [0.717, 1.165) is 6.42 Å². The van der Waals surface area contributed by atoms with Crippen molar-refractivity contribution in [1.82, 2.24) is 5.32 Å². The first-order chi connectivity index (χ1) is 8.11. The quantitative estimate of drug-likeness (QED) is 0.785. The molecule has 0 aromatic carbocycles. The standard InChI is InChI=1S/C14H25NO3/c1-7-9-10(16)15-14(11(17)12(3,4)5)8(2)18-13(9,14)6/h8-9,11,17H,7H2,1-6H3,(H,15,16)/t8?,9-,11?,13-,14+/m0/s1. The molecule has 2 fully saturated rings. The second kappa shape index (κ2) is 3.70. The Morgan fingerprint density at radius 3 is 2.44 bits per heavy atom. The number of fused-ring (bicyclic) bond motifs is 1. The van der Waals surface area contributed by atoms with Crippen molar-refractivity contribution >= 4 is 5.91 Å². The average Bonchev–Trinajstić information content (AvgIpc) is 2.40. The largest absolute Gasteiger partial charge is 0.390 e. The van der Waals surface area contributed by atoms with Crippen LogP contribution in [0.15, 0.2) is 0 Å². The van der Waals surface area contributed by atoms with Crippen LogP contribution in [0, 0.1) is 11.3 Å². The number of carbonyl (C=O) groups excluding carboxylic acids is 1. The molecule has 0 bridgehead atoms.